The smallest absolute Gasteiger partial charge is 0.386 e. The molecule has 3 aromatic rings. The number of anilines is 2. The Bertz CT molecular complexity index is 1130. The third-order valence-corrected chi connectivity index (χ3v) is 6.02. The van der Waals surface area contributed by atoms with Crippen molar-refractivity contribution in [2.24, 2.45) is 5.92 Å². The van der Waals surface area contributed by atoms with Crippen LogP contribution in [0.5, 0.6) is 5.88 Å². The number of pyridine rings is 1. The van der Waals surface area contributed by atoms with Crippen LogP contribution in [-0.4, -0.2) is 46.8 Å². The van der Waals surface area contributed by atoms with Gasteiger partial charge in [-0.15, -0.1) is 5.10 Å². The molecule has 1 aliphatic heterocycles. The number of aromatic nitrogens is 3. The van der Waals surface area contributed by atoms with Crippen LogP contribution in [0, 0.1) is 11.7 Å². The molecule has 2 amide bonds. The Hall–Kier alpha value is -3.66. The quantitative estimate of drug-likeness (QED) is 0.460. The van der Waals surface area contributed by atoms with Crippen LogP contribution in [0.1, 0.15) is 29.6 Å². The van der Waals surface area contributed by atoms with Crippen LogP contribution in [0.25, 0.3) is 0 Å². The molecular weight excluding hydrogens is 463 g/mol. The topological polar surface area (TPSA) is 112 Å². The molecule has 0 radical (unpaired) electrons. The Morgan fingerprint density at radius 2 is 1.91 bits per heavy atom. The number of rotatable bonds is 7. The summed E-state index contributed by atoms with van der Waals surface area (Å²) in [6, 6.07) is 10.3. The molecule has 0 saturated carbocycles. The average Bonchev–Trinajstić information content (AvgIpc) is 3.19. The van der Waals surface area contributed by atoms with Gasteiger partial charge in [0.15, 0.2) is 5.82 Å². The van der Waals surface area contributed by atoms with Crippen LogP contribution >= 0.6 is 11.6 Å². The van der Waals surface area contributed by atoms with Crippen molar-refractivity contribution in [3.05, 3.63) is 65.2 Å². The molecule has 0 unspecified atom stereocenters. The van der Waals surface area contributed by atoms with Crippen molar-refractivity contribution in [3.8, 4) is 5.88 Å². The maximum atomic E-state index is 14.5. The number of nitrogens with zero attached hydrogens (tertiary/aromatic N) is 3. The minimum atomic E-state index is -0.987. The third kappa shape index (κ3) is 5.82. The lowest BCUT2D eigenvalue weighted by Gasteiger charge is -2.33. The van der Waals surface area contributed by atoms with Crippen molar-refractivity contribution in [2.75, 3.05) is 29.9 Å². The van der Waals surface area contributed by atoms with Crippen LogP contribution in [0.4, 0.5) is 20.7 Å². The minimum absolute atomic E-state index is 0.171. The van der Waals surface area contributed by atoms with E-state index in [0.29, 0.717) is 12.5 Å². The molecule has 1 aromatic carbocycles. The third-order valence-electron chi connectivity index (χ3n) is 5.69. The molecule has 0 bridgehead atoms. The van der Waals surface area contributed by atoms with E-state index in [1.54, 1.807) is 30.6 Å². The van der Waals surface area contributed by atoms with E-state index < -0.39 is 23.7 Å². The van der Waals surface area contributed by atoms with E-state index >= 15 is 0 Å². The zero-order valence-corrected chi connectivity index (χ0v) is 19.0. The highest BCUT2D eigenvalue weighted by Gasteiger charge is 2.22. The van der Waals surface area contributed by atoms with Gasteiger partial charge in [0.1, 0.15) is 0 Å². The molecule has 0 aliphatic carbocycles. The number of carbonyl (C=O) groups is 2. The van der Waals surface area contributed by atoms with E-state index in [-0.39, 0.29) is 16.4 Å². The molecule has 3 heterocycles. The van der Waals surface area contributed by atoms with Gasteiger partial charge in [-0.05, 0) is 49.4 Å². The van der Waals surface area contributed by atoms with Gasteiger partial charge < -0.3 is 20.3 Å². The maximum Gasteiger partial charge on any atom is 0.414 e. The second-order valence-electron chi connectivity index (χ2n) is 7.89. The fourth-order valence-corrected chi connectivity index (χ4v) is 4.05. The molecule has 178 valence electrons. The van der Waals surface area contributed by atoms with Gasteiger partial charge in [-0.2, -0.15) is 4.39 Å². The number of piperidine rings is 1. The van der Waals surface area contributed by atoms with Gasteiger partial charge in [0.25, 0.3) is 11.8 Å². The summed E-state index contributed by atoms with van der Waals surface area (Å²) in [5.41, 5.74) is 1.34. The highest BCUT2D eigenvalue weighted by molar-refractivity contribution is 6.34. The number of halogens is 2. The summed E-state index contributed by atoms with van der Waals surface area (Å²) < 4.78 is 19.4. The van der Waals surface area contributed by atoms with Crippen molar-refractivity contribution in [1.29, 1.82) is 0 Å². The zero-order chi connectivity index (χ0) is 23.9. The van der Waals surface area contributed by atoms with Crippen molar-refractivity contribution in [1.82, 2.24) is 20.5 Å². The number of amides is 2. The van der Waals surface area contributed by atoms with Crippen LogP contribution in [0.2, 0.25) is 5.02 Å². The molecule has 1 fully saturated rings. The lowest BCUT2D eigenvalue weighted by atomic mass is 9.93. The molecule has 0 spiro atoms. The minimum Gasteiger partial charge on any atom is -0.386 e. The molecule has 34 heavy (non-hydrogen) atoms. The summed E-state index contributed by atoms with van der Waals surface area (Å²) in [7, 11) is 0. The van der Waals surface area contributed by atoms with Gasteiger partial charge in [-0.25, -0.2) is 4.79 Å². The molecule has 4 rings (SSSR count). The van der Waals surface area contributed by atoms with Crippen LogP contribution in [0.3, 0.4) is 0 Å². The second-order valence-corrected chi connectivity index (χ2v) is 8.30. The van der Waals surface area contributed by atoms with E-state index in [9.17, 15) is 14.0 Å². The predicted octanol–water partition coefficient (Wildman–Crippen LogP) is 4.24. The SMILES string of the molecule is O=C(NCCC1CCN(c2ccncc2)CC1)Oc1n[nH]c(NC(=O)c2ccccc2Cl)c1F. The predicted molar refractivity (Wildman–Crippen MR) is 126 cm³/mol. The van der Waals surface area contributed by atoms with Gasteiger partial charge in [0, 0.05) is 37.7 Å². The summed E-state index contributed by atoms with van der Waals surface area (Å²) in [5.74, 6) is -2.02. The van der Waals surface area contributed by atoms with Crippen LogP contribution in [-0.2, 0) is 0 Å². The zero-order valence-electron chi connectivity index (χ0n) is 18.3. The number of aromatic amines is 1. The standard InChI is InChI=1S/C23H24ClFN6O3/c24-18-4-2-1-3-17(18)21(32)28-20-19(25)22(30-29-20)34-23(33)27-12-5-15-8-13-31(14-9-15)16-6-10-26-11-7-16/h1-4,6-7,10-11,15H,5,8-9,12-14H2,(H,27,33)(H2,28,29,30,32). The highest BCUT2D eigenvalue weighted by Crippen LogP contribution is 2.25. The van der Waals surface area contributed by atoms with Gasteiger partial charge in [0.05, 0.1) is 10.6 Å². The van der Waals surface area contributed by atoms with E-state index in [4.69, 9.17) is 16.3 Å². The van der Waals surface area contributed by atoms with Gasteiger partial charge in [0.2, 0.25) is 5.82 Å². The van der Waals surface area contributed by atoms with Crippen molar-refractivity contribution in [3.63, 3.8) is 0 Å². The Labute approximate surface area is 200 Å². The summed E-state index contributed by atoms with van der Waals surface area (Å²) in [6.07, 6.45) is 5.58. The van der Waals surface area contributed by atoms with Crippen molar-refractivity contribution >= 4 is 35.1 Å². The monoisotopic (exact) mass is 486 g/mol. The highest BCUT2D eigenvalue weighted by atomic mass is 35.5. The summed E-state index contributed by atoms with van der Waals surface area (Å²) >= 11 is 5.98. The summed E-state index contributed by atoms with van der Waals surface area (Å²) in [5, 5.41) is 11.1. The molecule has 0 atom stereocenters. The van der Waals surface area contributed by atoms with Crippen LogP contribution in [0.15, 0.2) is 48.8 Å². The normalized spacial score (nSPS) is 14.0. The number of ether oxygens (including phenoxy) is 1. The molecule has 1 saturated heterocycles. The van der Waals surface area contributed by atoms with Crippen molar-refractivity contribution < 1.29 is 18.7 Å². The number of hydrogen-bond acceptors (Lipinski definition) is 6. The average molecular weight is 487 g/mol. The lowest BCUT2D eigenvalue weighted by molar-refractivity contribution is 0.102. The first-order valence-corrected chi connectivity index (χ1v) is 11.3. The Kier molecular flexibility index (Phi) is 7.58. The summed E-state index contributed by atoms with van der Waals surface area (Å²) in [4.78, 5) is 30.7. The Balaban J connectivity index is 1.20. The molecule has 3 N–H and O–H groups in total. The lowest BCUT2D eigenvalue weighted by Crippen LogP contribution is -2.35. The Morgan fingerprint density at radius 1 is 1.18 bits per heavy atom. The first-order valence-electron chi connectivity index (χ1n) is 10.9. The van der Waals surface area contributed by atoms with E-state index in [2.05, 4.69) is 30.7 Å². The fraction of sp³-hybridized carbons (Fsp3) is 0.304. The molecule has 11 heteroatoms. The largest absolute Gasteiger partial charge is 0.414 e. The number of carbonyl (C=O) groups excluding carboxylic acids is 2. The number of nitrogens with one attached hydrogen (secondary N) is 3. The molecular formula is C23H24ClFN6O3. The van der Waals surface area contributed by atoms with Gasteiger partial charge >= 0.3 is 6.09 Å². The van der Waals surface area contributed by atoms with Gasteiger partial charge in [-0.3, -0.25) is 14.9 Å². The van der Waals surface area contributed by atoms with Gasteiger partial charge in [-0.1, -0.05) is 23.7 Å². The first kappa shape index (κ1) is 23.5. The van der Waals surface area contributed by atoms with Crippen molar-refractivity contribution in [2.45, 2.75) is 19.3 Å². The number of benzene rings is 1. The van der Waals surface area contributed by atoms with Crippen LogP contribution < -0.4 is 20.3 Å². The fourth-order valence-electron chi connectivity index (χ4n) is 3.83. The van der Waals surface area contributed by atoms with E-state index in [0.717, 1.165) is 32.4 Å². The first-order chi connectivity index (χ1) is 16.5. The maximum absolute atomic E-state index is 14.5. The molecule has 1 aliphatic rings. The summed E-state index contributed by atoms with van der Waals surface area (Å²) in [6.45, 7) is 2.29. The second kappa shape index (κ2) is 11.0. The molecule has 2 aromatic heterocycles. The number of H-pyrrole nitrogens is 1. The van der Waals surface area contributed by atoms with E-state index in [1.807, 2.05) is 12.1 Å². The molecule has 9 nitrogen and oxygen atoms in total. The van der Waals surface area contributed by atoms with E-state index in [1.165, 1.54) is 11.8 Å². The Morgan fingerprint density at radius 3 is 2.65 bits per heavy atom. The number of hydrogen-bond donors (Lipinski definition) is 3.